The van der Waals surface area contributed by atoms with Gasteiger partial charge in [0, 0.05) is 0 Å². The van der Waals surface area contributed by atoms with Gasteiger partial charge in [-0.05, 0) is 74.1 Å². The zero-order valence-electron chi connectivity index (χ0n) is 15.6. The van der Waals surface area contributed by atoms with Gasteiger partial charge in [-0.3, -0.25) is 0 Å². The fraction of sp³-hybridized carbons (Fsp3) is 0.727. The van der Waals surface area contributed by atoms with Crippen LogP contribution in [0.2, 0.25) is 0 Å². The van der Waals surface area contributed by atoms with Gasteiger partial charge in [-0.1, -0.05) is 52.0 Å². The second-order valence-electron chi connectivity index (χ2n) is 7.43. The normalized spacial score (nSPS) is 21.3. The highest BCUT2D eigenvalue weighted by Crippen LogP contribution is 2.39. The topological polar surface area (TPSA) is 9.23 Å². The number of aryl methyl sites for hydroxylation is 1. The van der Waals surface area contributed by atoms with Crippen molar-refractivity contribution in [2.45, 2.75) is 90.9 Å². The molecule has 1 nitrogen and oxygen atoms in total. The molecule has 23 heavy (non-hydrogen) atoms. The molecule has 1 fully saturated rings. The van der Waals surface area contributed by atoms with Gasteiger partial charge in [-0.25, -0.2) is 0 Å². The summed E-state index contributed by atoms with van der Waals surface area (Å²) in [7, 11) is 0. The molecule has 0 bridgehead atoms. The lowest BCUT2D eigenvalue weighted by Crippen LogP contribution is -2.14. The van der Waals surface area contributed by atoms with Crippen LogP contribution in [0.1, 0.15) is 95.1 Å². The van der Waals surface area contributed by atoms with E-state index in [1.54, 1.807) is 5.56 Å². The minimum atomic E-state index is 0.780. The first-order valence-corrected chi connectivity index (χ1v) is 9.97. The van der Waals surface area contributed by atoms with Gasteiger partial charge in [0.1, 0.15) is 5.75 Å². The second-order valence-corrected chi connectivity index (χ2v) is 7.43. The van der Waals surface area contributed by atoms with Crippen LogP contribution in [-0.2, 0) is 0 Å². The summed E-state index contributed by atoms with van der Waals surface area (Å²) >= 11 is 0. The lowest BCUT2D eigenvalue weighted by Gasteiger charge is -2.30. The Bertz CT molecular complexity index is 443. The monoisotopic (exact) mass is 316 g/mol. The molecule has 0 aromatic heterocycles. The van der Waals surface area contributed by atoms with Crippen molar-refractivity contribution >= 4 is 0 Å². The quantitative estimate of drug-likeness (QED) is 0.444. The van der Waals surface area contributed by atoms with E-state index in [0.717, 1.165) is 30.6 Å². The highest BCUT2D eigenvalue weighted by Gasteiger charge is 2.23. The van der Waals surface area contributed by atoms with Gasteiger partial charge in [-0.2, -0.15) is 0 Å². The first-order valence-electron chi connectivity index (χ1n) is 9.97. The van der Waals surface area contributed by atoms with Crippen molar-refractivity contribution in [1.29, 1.82) is 0 Å². The molecule has 0 unspecified atom stereocenters. The fourth-order valence-corrected chi connectivity index (χ4v) is 3.98. The summed E-state index contributed by atoms with van der Waals surface area (Å²) in [5.74, 6) is 2.82. The van der Waals surface area contributed by atoms with Crippen LogP contribution in [0, 0.1) is 12.8 Å². The zero-order chi connectivity index (χ0) is 16.5. The van der Waals surface area contributed by atoms with Crippen molar-refractivity contribution in [3.63, 3.8) is 0 Å². The number of ether oxygens (including phenoxy) is 1. The third-order valence-corrected chi connectivity index (χ3v) is 5.51. The molecule has 0 radical (unpaired) electrons. The Hall–Kier alpha value is -0.980. The molecule has 1 aliphatic rings. The molecular weight excluding hydrogens is 280 g/mol. The molecule has 0 amide bonds. The molecular formula is C22H36O. The Labute approximate surface area is 143 Å². The number of unbranched alkanes of at least 4 members (excludes halogenated alkanes) is 3. The van der Waals surface area contributed by atoms with Gasteiger partial charge < -0.3 is 4.74 Å². The van der Waals surface area contributed by atoms with Crippen molar-refractivity contribution in [3.05, 3.63) is 29.3 Å². The summed E-state index contributed by atoms with van der Waals surface area (Å²) in [6.45, 7) is 7.61. The summed E-state index contributed by atoms with van der Waals surface area (Å²) < 4.78 is 5.84. The molecule has 1 aromatic rings. The van der Waals surface area contributed by atoms with Gasteiger partial charge in [0.2, 0.25) is 0 Å². The van der Waals surface area contributed by atoms with E-state index in [4.69, 9.17) is 4.74 Å². The van der Waals surface area contributed by atoms with E-state index >= 15 is 0 Å². The molecule has 0 saturated heterocycles. The molecule has 1 saturated carbocycles. The Morgan fingerprint density at radius 1 is 0.957 bits per heavy atom. The summed E-state index contributed by atoms with van der Waals surface area (Å²) in [4.78, 5) is 0. The van der Waals surface area contributed by atoms with Crippen molar-refractivity contribution in [1.82, 2.24) is 0 Å². The summed E-state index contributed by atoms with van der Waals surface area (Å²) in [5, 5.41) is 0. The standard InChI is InChI=1S/C22H36O/c1-4-6-8-9-19-10-12-20(13-11-19)22-15-14-21(17-18(22)3)23-16-7-5-2/h14-15,17,19-20H,4-13,16H2,1-3H3/t19-,20-. The molecule has 0 heterocycles. The van der Waals surface area contributed by atoms with E-state index in [9.17, 15) is 0 Å². The van der Waals surface area contributed by atoms with Gasteiger partial charge in [0.15, 0.2) is 0 Å². The molecule has 0 atom stereocenters. The Morgan fingerprint density at radius 3 is 2.35 bits per heavy atom. The van der Waals surface area contributed by atoms with E-state index in [1.807, 2.05) is 0 Å². The number of hydrogen-bond acceptors (Lipinski definition) is 1. The van der Waals surface area contributed by atoms with Crippen LogP contribution < -0.4 is 4.74 Å². The molecule has 1 aliphatic carbocycles. The SMILES string of the molecule is CCCCC[C@H]1CC[C@H](c2ccc(OCCCC)cc2C)CC1. The predicted molar refractivity (Wildman–Crippen MR) is 100 cm³/mol. The Kier molecular flexibility index (Phi) is 7.99. The highest BCUT2D eigenvalue weighted by atomic mass is 16.5. The van der Waals surface area contributed by atoms with Crippen LogP contribution in [0.3, 0.4) is 0 Å². The summed E-state index contributed by atoms with van der Waals surface area (Å²) in [6.07, 6.45) is 13.6. The molecule has 0 spiro atoms. The van der Waals surface area contributed by atoms with Crippen molar-refractivity contribution in [2.24, 2.45) is 5.92 Å². The van der Waals surface area contributed by atoms with Crippen LogP contribution >= 0.6 is 0 Å². The second kappa shape index (κ2) is 10.0. The first kappa shape index (κ1) is 18.4. The van der Waals surface area contributed by atoms with Crippen molar-refractivity contribution in [3.8, 4) is 5.75 Å². The maximum absolute atomic E-state index is 5.84. The third-order valence-electron chi connectivity index (χ3n) is 5.51. The van der Waals surface area contributed by atoms with Crippen LogP contribution in [0.15, 0.2) is 18.2 Å². The Morgan fingerprint density at radius 2 is 1.70 bits per heavy atom. The van der Waals surface area contributed by atoms with Crippen molar-refractivity contribution < 1.29 is 4.74 Å². The zero-order valence-corrected chi connectivity index (χ0v) is 15.6. The van der Waals surface area contributed by atoms with E-state index in [-0.39, 0.29) is 0 Å². The molecule has 0 aliphatic heterocycles. The van der Waals surface area contributed by atoms with Gasteiger partial charge in [0.05, 0.1) is 6.61 Å². The van der Waals surface area contributed by atoms with E-state index < -0.39 is 0 Å². The molecule has 2 rings (SSSR count). The van der Waals surface area contributed by atoms with E-state index in [1.165, 1.54) is 63.4 Å². The fourth-order valence-electron chi connectivity index (χ4n) is 3.98. The Balaban J connectivity index is 1.83. The number of rotatable bonds is 9. The van der Waals surface area contributed by atoms with E-state index in [2.05, 4.69) is 39.0 Å². The number of hydrogen-bond donors (Lipinski definition) is 0. The lowest BCUT2D eigenvalue weighted by molar-refractivity contribution is 0.300. The van der Waals surface area contributed by atoms with Gasteiger partial charge in [0.25, 0.3) is 0 Å². The summed E-state index contributed by atoms with van der Waals surface area (Å²) in [5.41, 5.74) is 2.99. The van der Waals surface area contributed by atoms with Crippen LogP contribution in [0.4, 0.5) is 0 Å². The average Bonchev–Trinajstić information content (AvgIpc) is 2.56. The smallest absolute Gasteiger partial charge is 0.119 e. The minimum Gasteiger partial charge on any atom is -0.494 e. The molecule has 130 valence electrons. The average molecular weight is 317 g/mol. The maximum Gasteiger partial charge on any atom is 0.119 e. The lowest BCUT2D eigenvalue weighted by atomic mass is 9.76. The molecule has 1 aromatic carbocycles. The number of benzene rings is 1. The van der Waals surface area contributed by atoms with Gasteiger partial charge in [-0.15, -0.1) is 0 Å². The maximum atomic E-state index is 5.84. The highest BCUT2D eigenvalue weighted by molar-refractivity contribution is 5.37. The summed E-state index contributed by atoms with van der Waals surface area (Å²) in [6, 6.07) is 6.77. The molecule has 1 heteroatoms. The largest absolute Gasteiger partial charge is 0.494 e. The van der Waals surface area contributed by atoms with Crippen LogP contribution in [-0.4, -0.2) is 6.61 Å². The van der Waals surface area contributed by atoms with Crippen LogP contribution in [0.5, 0.6) is 5.75 Å². The predicted octanol–water partition coefficient (Wildman–Crippen LogP) is 7.03. The molecule has 0 N–H and O–H groups in total. The van der Waals surface area contributed by atoms with E-state index in [0.29, 0.717) is 0 Å². The minimum absolute atomic E-state index is 0.780. The van der Waals surface area contributed by atoms with Gasteiger partial charge >= 0.3 is 0 Å². The first-order chi connectivity index (χ1) is 11.2. The van der Waals surface area contributed by atoms with Crippen molar-refractivity contribution in [2.75, 3.05) is 6.61 Å². The third kappa shape index (κ3) is 5.86. The van der Waals surface area contributed by atoms with Crippen LogP contribution in [0.25, 0.3) is 0 Å².